The highest BCUT2D eigenvalue weighted by molar-refractivity contribution is 5.75. The van der Waals surface area contributed by atoms with Gasteiger partial charge in [-0.25, -0.2) is 4.79 Å². The largest absolute Gasteiger partial charge is 0.445 e. The highest BCUT2D eigenvalue weighted by Gasteiger charge is 1.94. The lowest BCUT2D eigenvalue weighted by Crippen LogP contribution is -2.23. The average Bonchev–Trinajstić information content (AvgIpc) is 2.54. The van der Waals surface area contributed by atoms with Crippen molar-refractivity contribution in [3.8, 4) is 0 Å². The second-order valence-corrected chi connectivity index (χ2v) is 4.65. The minimum absolute atomic E-state index is 0.137. The Hall–Kier alpha value is -2.08. The molecule has 0 fully saturated rings. The van der Waals surface area contributed by atoms with Gasteiger partial charge in [0.25, 0.3) is 0 Å². The zero-order valence-corrected chi connectivity index (χ0v) is 13.2. The second kappa shape index (κ2) is 13.9. The molecule has 0 radical (unpaired) electrons. The van der Waals surface area contributed by atoms with Gasteiger partial charge in [0.15, 0.2) is 0 Å². The van der Waals surface area contributed by atoms with E-state index in [0.717, 1.165) is 37.9 Å². The molecular weight excluding hydrogens is 282 g/mol. The fourth-order valence-electron chi connectivity index (χ4n) is 1.53. The van der Waals surface area contributed by atoms with Crippen LogP contribution in [0.1, 0.15) is 38.2 Å². The predicted octanol–water partition coefficient (Wildman–Crippen LogP) is 1.92. The molecule has 0 bridgehead atoms. The van der Waals surface area contributed by atoms with Crippen molar-refractivity contribution in [2.45, 2.75) is 39.2 Å². The van der Waals surface area contributed by atoms with Crippen molar-refractivity contribution in [3.05, 3.63) is 35.9 Å². The van der Waals surface area contributed by atoms with Gasteiger partial charge >= 0.3 is 6.09 Å². The van der Waals surface area contributed by atoms with Crippen LogP contribution in [0.5, 0.6) is 0 Å². The van der Waals surface area contributed by atoms with Gasteiger partial charge in [-0.05, 0) is 24.9 Å². The molecule has 0 unspecified atom stereocenters. The molecule has 1 aromatic carbocycles. The van der Waals surface area contributed by atoms with Crippen LogP contribution in [0, 0.1) is 0 Å². The van der Waals surface area contributed by atoms with Gasteiger partial charge in [0, 0.05) is 13.0 Å². The normalized spacial score (nSPS) is 9.36. The summed E-state index contributed by atoms with van der Waals surface area (Å²) >= 11 is 0. The summed E-state index contributed by atoms with van der Waals surface area (Å²) in [5, 5.41) is 2.81. The van der Waals surface area contributed by atoms with Crippen molar-refractivity contribution in [2.75, 3.05) is 13.1 Å². The van der Waals surface area contributed by atoms with Crippen molar-refractivity contribution in [1.82, 2.24) is 5.32 Å². The van der Waals surface area contributed by atoms with Crippen LogP contribution in [0.25, 0.3) is 0 Å². The molecule has 0 heterocycles. The zero-order chi connectivity index (χ0) is 16.6. The monoisotopic (exact) mass is 309 g/mol. The molecule has 0 aliphatic rings. The smallest absolute Gasteiger partial charge is 0.404 e. The van der Waals surface area contributed by atoms with Gasteiger partial charge in [-0.15, -0.1) is 0 Å². The van der Waals surface area contributed by atoms with Gasteiger partial charge < -0.3 is 21.5 Å². The summed E-state index contributed by atoms with van der Waals surface area (Å²) in [5.41, 5.74) is 11.0. The van der Waals surface area contributed by atoms with E-state index in [1.54, 1.807) is 0 Å². The quantitative estimate of drug-likeness (QED) is 0.638. The number of nitrogens with two attached hydrogens (primary N) is 2. The summed E-state index contributed by atoms with van der Waals surface area (Å²) in [4.78, 5) is 20.9. The molecule has 2 amide bonds. The Kier molecular flexibility index (Phi) is 12.6. The summed E-state index contributed by atoms with van der Waals surface area (Å²) in [6.45, 7) is 3.65. The number of amides is 2. The first-order valence-corrected chi connectivity index (χ1v) is 7.53. The zero-order valence-electron chi connectivity index (χ0n) is 13.2. The van der Waals surface area contributed by atoms with E-state index in [4.69, 9.17) is 11.5 Å². The van der Waals surface area contributed by atoms with E-state index in [1.807, 2.05) is 37.3 Å². The average molecular weight is 309 g/mol. The van der Waals surface area contributed by atoms with E-state index < -0.39 is 6.09 Å². The number of primary amides is 1. The molecule has 0 aromatic heterocycles. The first kappa shape index (κ1) is 19.9. The van der Waals surface area contributed by atoms with Crippen LogP contribution in [0.3, 0.4) is 0 Å². The van der Waals surface area contributed by atoms with Crippen molar-refractivity contribution >= 4 is 12.0 Å². The number of carbonyl (C=O) groups is 2. The van der Waals surface area contributed by atoms with Crippen LogP contribution in [-0.2, 0) is 16.1 Å². The highest BCUT2D eigenvalue weighted by atomic mass is 16.5. The van der Waals surface area contributed by atoms with Gasteiger partial charge in [0.05, 0.1) is 0 Å². The Morgan fingerprint density at radius 3 is 2.36 bits per heavy atom. The fourth-order valence-corrected chi connectivity index (χ4v) is 1.53. The Bertz CT molecular complexity index is 410. The molecule has 1 aromatic rings. The molecule has 6 heteroatoms. The maximum absolute atomic E-state index is 10.7. The van der Waals surface area contributed by atoms with E-state index in [0.29, 0.717) is 6.42 Å². The Balaban J connectivity index is 0.000000401. The van der Waals surface area contributed by atoms with Gasteiger partial charge in [-0.2, -0.15) is 0 Å². The van der Waals surface area contributed by atoms with E-state index >= 15 is 0 Å². The van der Waals surface area contributed by atoms with Gasteiger partial charge in [-0.1, -0.05) is 43.7 Å². The number of hydrogen-bond donors (Lipinski definition) is 3. The first-order chi connectivity index (χ1) is 10.6. The van der Waals surface area contributed by atoms with Crippen LogP contribution < -0.4 is 16.8 Å². The minimum Gasteiger partial charge on any atom is -0.445 e. The molecule has 0 spiro atoms. The van der Waals surface area contributed by atoms with E-state index in [9.17, 15) is 9.59 Å². The van der Waals surface area contributed by atoms with Crippen molar-refractivity contribution in [3.63, 3.8) is 0 Å². The van der Waals surface area contributed by atoms with Crippen LogP contribution in [0.15, 0.2) is 30.3 Å². The third-order valence-electron chi connectivity index (χ3n) is 2.75. The lowest BCUT2D eigenvalue weighted by Gasteiger charge is -2.01. The van der Waals surface area contributed by atoms with Crippen LogP contribution in [0.2, 0.25) is 0 Å². The third-order valence-corrected chi connectivity index (χ3v) is 2.75. The number of ether oxygens (including phenoxy) is 1. The Labute approximate surface area is 132 Å². The molecule has 5 N–H and O–H groups in total. The topological polar surface area (TPSA) is 107 Å². The van der Waals surface area contributed by atoms with E-state index in [2.05, 4.69) is 10.1 Å². The number of hydrogen-bond acceptors (Lipinski definition) is 4. The van der Waals surface area contributed by atoms with Crippen molar-refractivity contribution in [1.29, 1.82) is 0 Å². The summed E-state index contributed by atoms with van der Waals surface area (Å²) in [6.07, 6.45) is 3.05. The summed E-state index contributed by atoms with van der Waals surface area (Å²) < 4.78 is 4.57. The molecule has 22 heavy (non-hydrogen) atoms. The van der Waals surface area contributed by atoms with Crippen LogP contribution in [-0.4, -0.2) is 25.1 Å². The molecule has 0 saturated heterocycles. The molecular formula is C16H27N3O3. The predicted molar refractivity (Wildman–Crippen MR) is 87.0 cm³/mol. The highest BCUT2D eigenvalue weighted by Crippen LogP contribution is 1.99. The summed E-state index contributed by atoms with van der Waals surface area (Å²) in [5.74, 6) is 0.137. The fraction of sp³-hybridized carbons (Fsp3) is 0.500. The van der Waals surface area contributed by atoms with Gasteiger partial charge in [0.1, 0.15) is 6.61 Å². The number of carbonyl (C=O) groups excluding carboxylic acids is 2. The van der Waals surface area contributed by atoms with Crippen LogP contribution in [0.4, 0.5) is 4.79 Å². The SMILES string of the molecule is CCC(=O)NCCCCCN.NC(=O)OCc1ccccc1. The van der Waals surface area contributed by atoms with Gasteiger partial charge in [0.2, 0.25) is 5.91 Å². The molecule has 1 rings (SSSR count). The maximum Gasteiger partial charge on any atom is 0.404 e. The van der Waals surface area contributed by atoms with E-state index in [-0.39, 0.29) is 12.5 Å². The molecule has 0 aliphatic heterocycles. The Morgan fingerprint density at radius 2 is 1.82 bits per heavy atom. The second-order valence-electron chi connectivity index (χ2n) is 4.65. The molecule has 124 valence electrons. The summed E-state index contributed by atoms with van der Waals surface area (Å²) in [7, 11) is 0. The minimum atomic E-state index is -0.742. The number of nitrogens with one attached hydrogen (secondary N) is 1. The van der Waals surface area contributed by atoms with Crippen molar-refractivity contribution < 1.29 is 14.3 Å². The number of rotatable bonds is 8. The van der Waals surface area contributed by atoms with E-state index in [1.165, 1.54) is 0 Å². The lowest BCUT2D eigenvalue weighted by atomic mass is 10.2. The molecule has 0 aliphatic carbocycles. The van der Waals surface area contributed by atoms with Crippen molar-refractivity contribution in [2.24, 2.45) is 11.5 Å². The first-order valence-electron chi connectivity index (χ1n) is 7.53. The molecule has 0 saturated carbocycles. The van der Waals surface area contributed by atoms with Crippen LogP contribution >= 0.6 is 0 Å². The third kappa shape index (κ3) is 12.9. The lowest BCUT2D eigenvalue weighted by molar-refractivity contribution is -0.120. The van der Waals surface area contributed by atoms with Gasteiger partial charge in [-0.3, -0.25) is 4.79 Å². The number of unbranched alkanes of at least 4 members (excludes halogenated alkanes) is 2. The molecule has 0 atom stereocenters. The molecule has 6 nitrogen and oxygen atoms in total. The maximum atomic E-state index is 10.7. The number of benzene rings is 1. The Morgan fingerprint density at radius 1 is 1.14 bits per heavy atom. The summed E-state index contributed by atoms with van der Waals surface area (Å²) in [6, 6.07) is 9.37. The standard InChI is InChI=1S/C8H18N2O.C8H9NO2/c1-2-8(11)10-7-5-3-4-6-9;9-8(10)11-6-7-4-2-1-3-5-7/h2-7,9H2,1H3,(H,10,11);1-5H,6H2,(H2,9,10).